The van der Waals surface area contributed by atoms with Gasteiger partial charge in [-0.25, -0.2) is 9.59 Å². The highest BCUT2D eigenvalue weighted by Gasteiger charge is 2.57. The van der Waals surface area contributed by atoms with Crippen molar-refractivity contribution in [3.63, 3.8) is 0 Å². The van der Waals surface area contributed by atoms with Gasteiger partial charge < -0.3 is 67.8 Å². The number of alkyl carbamates (subject to hydrolysis) is 1. The lowest BCUT2D eigenvalue weighted by atomic mass is 9.94. The van der Waals surface area contributed by atoms with Gasteiger partial charge in [0.1, 0.15) is 44.2 Å². The maximum atomic E-state index is 13.2. The third-order valence-electron chi connectivity index (χ3n) is 10.4. The lowest BCUT2D eigenvalue weighted by Crippen LogP contribution is -2.69. The van der Waals surface area contributed by atoms with Crippen LogP contribution in [-0.2, 0) is 90.5 Å². The van der Waals surface area contributed by atoms with Gasteiger partial charge in [0.25, 0.3) is 0 Å². The predicted octanol–water partition coefficient (Wildman–Crippen LogP) is 1.19. The molecule has 1 aliphatic carbocycles. The van der Waals surface area contributed by atoms with E-state index in [2.05, 4.69) is 10.6 Å². The van der Waals surface area contributed by atoms with E-state index in [1.165, 1.54) is 0 Å². The van der Waals surface area contributed by atoms with Gasteiger partial charge >= 0.3 is 47.9 Å². The number of fused-ring (bicyclic) bond motifs is 3. The molecule has 11 atom stereocenters. The molecule has 2 aromatic carbocycles. The van der Waals surface area contributed by atoms with Crippen LogP contribution in [0.15, 0.2) is 48.5 Å². The van der Waals surface area contributed by atoms with Gasteiger partial charge in [0.15, 0.2) is 43.0 Å². The van der Waals surface area contributed by atoms with Crippen LogP contribution in [0.25, 0.3) is 11.1 Å². The molecule has 0 spiro atoms. The molecule has 364 valence electrons. The summed E-state index contributed by atoms with van der Waals surface area (Å²) in [5.74, 6) is -8.14. The topological polar surface area (TPSA) is 299 Å². The van der Waals surface area contributed by atoms with Crippen molar-refractivity contribution in [3.05, 3.63) is 59.7 Å². The van der Waals surface area contributed by atoms with Crippen LogP contribution in [0.1, 0.15) is 65.5 Å². The number of carboxylic acids is 1. The summed E-state index contributed by atoms with van der Waals surface area (Å²) in [5.41, 5.74) is 3.74. The molecule has 3 N–H and O–H groups in total. The fourth-order valence-electron chi connectivity index (χ4n) is 7.86. The molecule has 2 heterocycles. The van der Waals surface area contributed by atoms with Gasteiger partial charge in [0.2, 0.25) is 5.91 Å². The standard InChI is InChI=1S/C44H52N2O21/c1-20(47)45-35-38(67-43-40(64-26(7)53)39(63-25(6)52)37(62-24(5)51)34(66-43)19-58-22(3)49)36(61-23(4)50)33(18-57-21(2)48)65-42(35)59-17-32(41(54)55)46-44(56)60-16-31-29-14-10-8-12-27(29)28-13-9-11-15-30(28)31/h8-15,31-40,42-43H,16-19H2,1-7H3,(H,45,47)(H,46,56)(H,54,55)/t32-,33+,34+,35+,36-,37-,38+,39-,40+,42+,43-/m0/s1. The summed E-state index contributed by atoms with van der Waals surface area (Å²) >= 11 is 0. The van der Waals surface area contributed by atoms with E-state index in [4.69, 9.17) is 52.1 Å². The molecule has 23 heteroatoms. The average molecular weight is 945 g/mol. The van der Waals surface area contributed by atoms with Crippen molar-refractivity contribution in [2.45, 2.75) is 122 Å². The van der Waals surface area contributed by atoms with Crippen molar-refractivity contribution in [2.75, 3.05) is 26.4 Å². The number of carboxylic acid groups (broad SMARTS) is 1. The summed E-state index contributed by atoms with van der Waals surface area (Å²) in [6.45, 7) is 4.88. The largest absolute Gasteiger partial charge is 0.480 e. The van der Waals surface area contributed by atoms with Gasteiger partial charge in [0.05, 0.1) is 6.61 Å². The summed E-state index contributed by atoms with van der Waals surface area (Å²) in [6, 6.07) is 11.7. The lowest BCUT2D eigenvalue weighted by molar-refractivity contribution is -0.347. The number of carbonyl (C=O) groups excluding carboxylic acids is 8. The molecule has 0 radical (unpaired) electrons. The summed E-state index contributed by atoms with van der Waals surface area (Å²) in [4.78, 5) is 113. The Bertz CT molecular complexity index is 2140. The highest BCUT2D eigenvalue weighted by molar-refractivity contribution is 5.81. The van der Waals surface area contributed by atoms with E-state index < -0.39 is 141 Å². The molecular formula is C44H52N2O21. The zero-order chi connectivity index (χ0) is 49.1. The molecule has 2 saturated heterocycles. The number of hydrogen-bond acceptors (Lipinski definition) is 20. The van der Waals surface area contributed by atoms with Gasteiger partial charge in [-0.1, -0.05) is 48.5 Å². The number of ether oxygens (including phenoxy) is 11. The molecule has 23 nitrogen and oxygen atoms in total. The number of esters is 6. The first kappa shape index (κ1) is 51.3. The second-order valence-electron chi connectivity index (χ2n) is 15.5. The lowest BCUT2D eigenvalue weighted by Gasteiger charge is -2.49. The predicted molar refractivity (Wildman–Crippen MR) is 221 cm³/mol. The van der Waals surface area contributed by atoms with E-state index in [-0.39, 0.29) is 12.5 Å². The minimum atomic E-state index is -1.94. The normalized spacial score (nSPS) is 25.7. The molecule has 5 rings (SSSR count). The van der Waals surface area contributed by atoms with E-state index in [1.807, 2.05) is 48.5 Å². The molecule has 0 bridgehead atoms. The molecule has 2 aliphatic heterocycles. The Balaban J connectivity index is 1.47. The summed E-state index contributed by atoms with van der Waals surface area (Å²) in [6.07, 6.45) is -16.5. The molecular weight excluding hydrogens is 892 g/mol. The summed E-state index contributed by atoms with van der Waals surface area (Å²) in [5, 5.41) is 15.0. The third kappa shape index (κ3) is 13.7. The third-order valence-corrected chi connectivity index (χ3v) is 10.4. The fourth-order valence-corrected chi connectivity index (χ4v) is 7.86. The van der Waals surface area contributed by atoms with E-state index in [0.29, 0.717) is 0 Å². The second-order valence-corrected chi connectivity index (χ2v) is 15.5. The zero-order valence-electron chi connectivity index (χ0n) is 37.5. The van der Waals surface area contributed by atoms with E-state index in [9.17, 15) is 48.3 Å². The van der Waals surface area contributed by atoms with Crippen molar-refractivity contribution in [1.82, 2.24) is 10.6 Å². The first-order valence-electron chi connectivity index (χ1n) is 20.9. The second kappa shape index (κ2) is 23.2. The van der Waals surface area contributed by atoms with Crippen molar-refractivity contribution < 1.29 is 100 Å². The van der Waals surface area contributed by atoms with E-state index in [0.717, 1.165) is 70.7 Å². The van der Waals surface area contributed by atoms with Crippen molar-refractivity contribution in [2.24, 2.45) is 0 Å². The van der Waals surface area contributed by atoms with Gasteiger partial charge in [-0.3, -0.25) is 33.6 Å². The maximum absolute atomic E-state index is 13.2. The number of aliphatic carboxylic acids is 1. The van der Waals surface area contributed by atoms with Crippen LogP contribution < -0.4 is 10.6 Å². The van der Waals surface area contributed by atoms with Gasteiger partial charge in [-0.15, -0.1) is 0 Å². The SMILES string of the molecule is CC(=O)N[C@H]1[C@H](OC[C@H](NC(=O)OCC2c3ccccc3-c3ccccc32)C(=O)O)O[C@H](COC(C)=O)[C@H](OC(C)=O)[C@@H]1O[C@@H]1O[C@H](COC(C)=O)[C@H](OC(C)=O)[C@H](OC(C)=O)[C@H]1OC(C)=O. The van der Waals surface area contributed by atoms with Crippen LogP contribution in [0.3, 0.4) is 0 Å². The maximum Gasteiger partial charge on any atom is 0.407 e. The Labute approximate surface area is 383 Å². The number of benzene rings is 2. The minimum absolute atomic E-state index is 0.156. The van der Waals surface area contributed by atoms with E-state index >= 15 is 0 Å². The van der Waals surface area contributed by atoms with Crippen LogP contribution in [0, 0.1) is 0 Å². The minimum Gasteiger partial charge on any atom is -0.480 e. The molecule has 0 aromatic heterocycles. The number of rotatable bonds is 18. The summed E-state index contributed by atoms with van der Waals surface area (Å²) in [7, 11) is 0. The van der Waals surface area contributed by atoms with Crippen LogP contribution in [0.4, 0.5) is 4.79 Å². The Morgan fingerprint density at radius 2 is 1.03 bits per heavy atom. The van der Waals surface area contributed by atoms with Gasteiger partial charge in [-0.05, 0) is 22.3 Å². The Hall–Kier alpha value is -6.69. The highest BCUT2D eigenvalue weighted by atomic mass is 16.8. The summed E-state index contributed by atoms with van der Waals surface area (Å²) < 4.78 is 62.6. The van der Waals surface area contributed by atoms with Crippen LogP contribution in [0.5, 0.6) is 0 Å². The number of amides is 2. The monoisotopic (exact) mass is 944 g/mol. The molecule has 2 fully saturated rings. The first-order chi connectivity index (χ1) is 31.7. The van der Waals surface area contributed by atoms with Gasteiger partial charge in [-0.2, -0.15) is 0 Å². The first-order valence-corrected chi connectivity index (χ1v) is 20.9. The fraction of sp³-hybridized carbons (Fsp3) is 0.523. The number of carbonyl (C=O) groups is 9. The molecule has 0 saturated carbocycles. The number of nitrogens with one attached hydrogen (secondary N) is 2. The van der Waals surface area contributed by atoms with Gasteiger partial charge in [0, 0.05) is 54.4 Å². The van der Waals surface area contributed by atoms with Crippen LogP contribution in [-0.4, -0.2) is 153 Å². The van der Waals surface area contributed by atoms with Crippen molar-refractivity contribution >= 4 is 53.8 Å². The van der Waals surface area contributed by atoms with Crippen LogP contribution in [0.2, 0.25) is 0 Å². The highest BCUT2D eigenvalue weighted by Crippen LogP contribution is 2.44. The Kier molecular flexibility index (Phi) is 17.7. The average Bonchev–Trinajstić information content (AvgIpc) is 3.56. The molecule has 0 unspecified atom stereocenters. The van der Waals surface area contributed by atoms with E-state index in [1.54, 1.807) is 0 Å². The molecule has 67 heavy (non-hydrogen) atoms. The smallest absolute Gasteiger partial charge is 0.407 e. The zero-order valence-corrected chi connectivity index (χ0v) is 37.5. The molecule has 2 amide bonds. The van der Waals surface area contributed by atoms with Crippen LogP contribution >= 0.6 is 0 Å². The quantitative estimate of drug-likeness (QED) is 0.140. The number of hydrogen-bond donors (Lipinski definition) is 3. The Morgan fingerprint density at radius 3 is 1.51 bits per heavy atom. The van der Waals surface area contributed by atoms with Crippen molar-refractivity contribution in [1.29, 1.82) is 0 Å². The van der Waals surface area contributed by atoms with Crippen molar-refractivity contribution in [3.8, 4) is 11.1 Å². The Morgan fingerprint density at radius 1 is 0.567 bits per heavy atom. The molecule has 2 aromatic rings. The molecule has 3 aliphatic rings.